The van der Waals surface area contributed by atoms with Crippen LogP contribution in [0.15, 0.2) is 10.4 Å². The van der Waals surface area contributed by atoms with E-state index in [9.17, 15) is 8.42 Å². The van der Waals surface area contributed by atoms with E-state index in [-0.39, 0.29) is 14.6 Å². The second-order valence-electron chi connectivity index (χ2n) is 4.01. The smallest absolute Gasteiger partial charge is 0.232 e. The maximum atomic E-state index is 11.8. The molecule has 4 nitrogen and oxygen atoms in total. The zero-order valence-electron chi connectivity index (χ0n) is 9.40. The lowest BCUT2D eigenvalue weighted by Gasteiger charge is -2.15. The summed E-state index contributed by atoms with van der Waals surface area (Å²) in [6.07, 6.45) is 1.27. The van der Waals surface area contributed by atoms with Crippen LogP contribution >= 0.6 is 22.9 Å². The van der Waals surface area contributed by atoms with Crippen LogP contribution in [-0.2, 0) is 10.0 Å². The molecule has 0 radical (unpaired) electrons. The Hall–Kier alpha value is -0.170. The van der Waals surface area contributed by atoms with Crippen molar-refractivity contribution >= 4 is 33.0 Å². The first-order valence-corrected chi connectivity index (χ1v) is 7.61. The summed E-state index contributed by atoms with van der Waals surface area (Å²) in [4.78, 5) is 3.71. The van der Waals surface area contributed by atoms with Crippen molar-refractivity contribution in [1.29, 1.82) is 0 Å². The summed E-state index contributed by atoms with van der Waals surface area (Å²) < 4.78 is 26.5. The van der Waals surface area contributed by atoms with Gasteiger partial charge in [0.15, 0.2) is 8.68 Å². The van der Waals surface area contributed by atoms with E-state index in [0.717, 1.165) is 11.3 Å². The number of aromatic nitrogens is 1. The Morgan fingerprint density at radius 1 is 1.50 bits per heavy atom. The standard InChI is InChI=1S/C9H15ClN2O2S2/c1-6(2)7(3)4-12-16(13,14)8-5-11-9(10)15-8/h5-7,12H,4H2,1-3H3. The van der Waals surface area contributed by atoms with Crippen LogP contribution in [0.1, 0.15) is 20.8 Å². The molecule has 0 aliphatic rings. The van der Waals surface area contributed by atoms with Crippen molar-refractivity contribution in [3.05, 3.63) is 10.7 Å². The van der Waals surface area contributed by atoms with Gasteiger partial charge in [-0.2, -0.15) is 0 Å². The molecule has 0 aliphatic heterocycles. The molecule has 1 rings (SSSR count). The van der Waals surface area contributed by atoms with Crippen LogP contribution in [0.2, 0.25) is 4.47 Å². The van der Waals surface area contributed by atoms with E-state index >= 15 is 0 Å². The van der Waals surface area contributed by atoms with Gasteiger partial charge in [0.05, 0.1) is 6.20 Å². The molecular weight excluding hydrogens is 268 g/mol. The molecule has 0 aliphatic carbocycles. The van der Waals surface area contributed by atoms with Gasteiger partial charge in [0.2, 0.25) is 0 Å². The van der Waals surface area contributed by atoms with Gasteiger partial charge < -0.3 is 0 Å². The van der Waals surface area contributed by atoms with Crippen molar-refractivity contribution in [1.82, 2.24) is 9.71 Å². The van der Waals surface area contributed by atoms with E-state index in [1.165, 1.54) is 6.20 Å². The fourth-order valence-corrected chi connectivity index (χ4v) is 3.39. The van der Waals surface area contributed by atoms with Crippen molar-refractivity contribution < 1.29 is 8.42 Å². The maximum Gasteiger partial charge on any atom is 0.251 e. The van der Waals surface area contributed by atoms with Gasteiger partial charge in [0.1, 0.15) is 0 Å². The molecule has 0 bridgehead atoms. The molecule has 7 heteroatoms. The molecule has 0 spiro atoms. The predicted octanol–water partition coefficient (Wildman–Crippen LogP) is 2.37. The summed E-state index contributed by atoms with van der Waals surface area (Å²) in [5, 5.41) is 0. The first kappa shape index (κ1) is 13.9. The SMILES string of the molecule is CC(C)C(C)CNS(=O)(=O)c1cnc(Cl)s1. The highest BCUT2D eigenvalue weighted by atomic mass is 35.5. The zero-order valence-corrected chi connectivity index (χ0v) is 11.8. The fourth-order valence-electron chi connectivity index (χ4n) is 0.911. The molecule has 0 aromatic carbocycles. The Kier molecular flexibility index (Phi) is 4.73. The molecule has 16 heavy (non-hydrogen) atoms. The summed E-state index contributed by atoms with van der Waals surface area (Å²) in [5.74, 6) is 0.728. The fraction of sp³-hybridized carbons (Fsp3) is 0.667. The highest BCUT2D eigenvalue weighted by molar-refractivity contribution is 7.91. The van der Waals surface area contributed by atoms with E-state index in [1.807, 2.05) is 6.92 Å². The minimum absolute atomic E-state index is 0.161. The molecule has 0 saturated heterocycles. The lowest BCUT2D eigenvalue weighted by molar-refractivity contribution is 0.415. The summed E-state index contributed by atoms with van der Waals surface area (Å²) >= 11 is 6.55. The van der Waals surface area contributed by atoms with Crippen molar-refractivity contribution in [2.75, 3.05) is 6.54 Å². The van der Waals surface area contributed by atoms with Crippen molar-refractivity contribution in [2.45, 2.75) is 25.0 Å². The minimum atomic E-state index is -3.45. The van der Waals surface area contributed by atoms with Gasteiger partial charge in [-0.15, -0.1) is 0 Å². The minimum Gasteiger partial charge on any atom is -0.232 e. The molecule has 0 amide bonds. The van der Waals surface area contributed by atoms with E-state index in [0.29, 0.717) is 12.5 Å². The number of hydrogen-bond acceptors (Lipinski definition) is 4. The second kappa shape index (κ2) is 5.44. The highest BCUT2D eigenvalue weighted by Gasteiger charge is 2.19. The predicted molar refractivity (Wildman–Crippen MR) is 66.3 cm³/mol. The Balaban J connectivity index is 2.67. The third kappa shape index (κ3) is 3.69. The van der Waals surface area contributed by atoms with Gasteiger partial charge in [-0.25, -0.2) is 18.1 Å². The van der Waals surface area contributed by atoms with Crippen LogP contribution in [-0.4, -0.2) is 19.9 Å². The van der Waals surface area contributed by atoms with Gasteiger partial charge in [0, 0.05) is 6.54 Å². The van der Waals surface area contributed by atoms with Gasteiger partial charge in [-0.3, -0.25) is 0 Å². The monoisotopic (exact) mass is 282 g/mol. The topological polar surface area (TPSA) is 59.1 Å². The molecule has 1 N–H and O–H groups in total. The largest absolute Gasteiger partial charge is 0.251 e. The van der Waals surface area contributed by atoms with Gasteiger partial charge in [-0.1, -0.05) is 43.7 Å². The number of nitrogens with one attached hydrogen (secondary N) is 1. The Labute approximate surface area is 105 Å². The van der Waals surface area contributed by atoms with Crippen LogP contribution in [0.3, 0.4) is 0 Å². The Morgan fingerprint density at radius 3 is 2.56 bits per heavy atom. The third-order valence-electron chi connectivity index (χ3n) is 2.45. The molecule has 1 heterocycles. The molecule has 1 aromatic heterocycles. The maximum absolute atomic E-state index is 11.8. The molecule has 0 saturated carbocycles. The van der Waals surface area contributed by atoms with Crippen molar-refractivity contribution in [2.24, 2.45) is 11.8 Å². The third-order valence-corrected chi connectivity index (χ3v) is 5.45. The lowest BCUT2D eigenvalue weighted by Crippen LogP contribution is -2.29. The first-order valence-electron chi connectivity index (χ1n) is 4.94. The van der Waals surface area contributed by atoms with Gasteiger partial charge in [-0.05, 0) is 11.8 Å². The van der Waals surface area contributed by atoms with Crippen LogP contribution in [0.25, 0.3) is 0 Å². The normalized spacial score (nSPS) is 14.3. The number of halogens is 1. The average molecular weight is 283 g/mol. The molecule has 92 valence electrons. The summed E-state index contributed by atoms with van der Waals surface area (Å²) in [6.45, 7) is 6.55. The zero-order chi connectivity index (χ0) is 12.3. The van der Waals surface area contributed by atoms with Gasteiger partial charge in [0.25, 0.3) is 10.0 Å². The molecule has 1 aromatic rings. The lowest BCUT2D eigenvalue weighted by atomic mass is 9.99. The van der Waals surface area contributed by atoms with Crippen LogP contribution < -0.4 is 4.72 Å². The molecular formula is C9H15ClN2O2S2. The van der Waals surface area contributed by atoms with E-state index in [4.69, 9.17) is 11.6 Å². The number of hydrogen-bond donors (Lipinski definition) is 1. The molecule has 1 unspecified atom stereocenters. The summed E-state index contributed by atoms with van der Waals surface area (Å²) in [5.41, 5.74) is 0. The Morgan fingerprint density at radius 2 is 2.12 bits per heavy atom. The summed E-state index contributed by atoms with van der Waals surface area (Å²) in [6, 6.07) is 0. The molecule has 0 fully saturated rings. The number of nitrogens with zero attached hydrogens (tertiary/aromatic N) is 1. The van der Waals surface area contributed by atoms with Crippen LogP contribution in [0.5, 0.6) is 0 Å². The van der Waals surface area contributed by atoms with Crippen LogP contribution in [0.4, 0.5) is 0 Å². The quantitative estimate of drug-likeness (QED) is 0.902. The van der Waals surface area contributed by atoms with E-state index in [1.54, 1.807) is 0 Å². The Bertz CT molecular complexity index is 442. The second-order valence-corrected chi connectivity index (χ2v) is 7.61. The van der Waals surface area contributed by atoms with Crippen molar-refractivity contribution in [3.63, 3.8) is 0 Å². The van der Waals surface area contributed by atoms with Gasteiger partial charge >= 0.3 is 0 Å². The summed E-state index contributed by atoms with van der Waals surface area (Å²) in [7, 11) is -3.45. The average Bonchev–Trinajstić information content (AvgIpc) is 2.61. The highest BCUT2D eigenvalue weighted by Crippen LogP contribution is 2.22. The number of thiazole rings is 1. The van der Waals surface area contributed by atoms with Crippen molar-refractivity contribution in [3.8, 4) is 0 Å². The number of sulfonamides is 1. The number of rotatable bonds is 5. The first-order chi connectivity index (χ1) is 7.33. The van der Waals surface area contributed by atoms with E-state index in [2.05, 4.69) is 23.6 Å². The molecule has 1 atom stereocenters. The van der Waals surface area contributed by atoms with Crippen LogP contribution in [0, 0.1) is 11.8 Å². The van der Waals surface area contributed by atoms with E-state index < -0.39 is 10.0 Å².